The fourth-order valence-corrected chi connectivity index (χ4v) is 2.78. The van der Waals surface area contributed by atoms with E-state index < -0.39 is 0 Å². The minimum absolute atomic E-state index is 0.867. The van der Waals surface area contributed by atoms with Crippen molar-refractivity contribution in [3.8, 4) is 33.8 Å². The average molecular weight is 321 g/mol. The Labute approximate surface area is 147 Å². The van der Waals surface area contributed by atoms with Crippen molar-refractivity contribution in [2.75, 3.05) is 0 Å². The van der Waals surface area contributed by atoms with Gasteiger partial charge in [0.2, 0.25) is 0 Å². The van der Waals surface area contributed by atoms with E-state index in [2.05, 4.69) is 54.4 Å². The fourth-order valence-electron chi connectivity index (χ4n) is 2.78. The van der Waals surface area contributed by atoms with Crippen molar-refractivity contribution < 1.29 is 0 Å². The second-order valence-electron chi connectivity index (χ2n) is 5.98. The highest BCUT2D eigenvalue weighted by Gasteiger charge is 2.06. The van der Waals surface area contributed by atoms with Crippen LogP contribution in [0.4, 0.5) is 0 Å². The number of pyridine rings is 2. The molecule has 2 aromatic carbocycles. The molecule has 0 aliphatic rings. The SMILES string of the molecule is Cc1ccc(-c2cc(-c3[c-]cccc3)nc(-c3ccccn3)c2)cc1. The van der Waals surface area contributed by atoms with Gasteiger partial charge in [0, 0.05) is 6.20 Å². The van der Waals surface area contributed by atoms with Crippen LogP contribution in [0.3, 0.4) is 0 Å². The molecule has 0 spiro atoms. The van der Waals surface area contributed by atoms with Crippen LogP contribution in [-0.4, -0.2) is 9.97 Å². The van der Waals surface area contributed by atoms with Gasteiger partial charge < -0.3 is 0 Å². The van der Waals surface area contributed by atoms with Crippen LogP contribution in [0, 0.1) is 13.0 Å². The molecule has 0 atom stereocenters. The molecule has 0 amide bonds. The van der Waals surface area contributed by atoms with E-state index in [1.807, 2.05) is 42.5 Å². The lowest BCUT2D eigenvalue weighted by atomic mass is 10.0. The van der Waals surface area contributed by atoms with Gasteiger partial charge in [0.15, 0.2) is 0 Å². The number of nitrogens with zero attached hydrogens (tertiary/aromatic N) is 2. The van der Waals surface area contributed by atoms with E-state index in [-0.39, 0.29) is 0 Å². The second kappa shape index (κ2) is 6.70. The van der Waals surface area contributed by atoms with Crippen LogP contribution in [0.5, 0.6) is 0 Å². The van der Waals surface area contributed by atoms with Crippen LogP contribution < -0.4 is 0 Å². The number of aryl methyl sites for hydroxylation is 1. The summed E-state index contributed by atoms with van der Waals surface area (Å²) in [6.45, 7) is 2.10. The molecule has 2 nitrogen and oxygen atoms in total. The summed E-state index contributed by atoms with van der Waals surface area (Å²) in [5, 5.41) is 0. The Morgan fingerprint density at radius 1 is 0.720 bits per heavy atom. The Balaban J connectivity index is 1.90. The molecule has 0 aliphatic heterocycles. The van der Waals surface area contributed by atoms with Gasteiger partial charge in [-0.05, 0) is 41.9 Å². The predicted octanol–water partition coefficient (Wildman–Crippen LogP) is 5.59. The fraction of sp³-hybridized carbons (Fsp3) is 0.0435. The summed E-state index contributed by atoms with van der Waals surface area (Å²) >= 11 is 0. The van der Waals surface area contributed by atoms with E-state index in [1.54, 1.807) is 6.20 Å². The first kappa shape index (κ1) is 15.3. The van der Waals surface area contributed by atoms with Gasteiger partial charge in [-0.1, -0.05) is 42.0 Å². The first-order valence-corrected chi connectivity index (χ1v) is 8.27. The highest BCUT2D eigenvalue weighted by Crippen LogP contribution is 2.29. The molecule has 0 fully saturated rings. The number of hydrogen-bond acceptors (Lipinski definition) is 2. The quantitative estimate of drug-likeness (QED) is 0.460. The van der Waals surface area contributed by atoms with Gasteiger partial charge in [0.25, 0.3) is 0 Å². The van der Waals surface area contributed by atoms with Gasteiger partial charge in [0.05, 0.1) is 11.4 Å². The largest absolute Gasteiger partial charge is 0.295 e. The highest BCUT2D eigenvalue weighted by molar-refractivity contribution is 5.75. The maximum Gasteiger partial charge on any atom is 0.0876 e. The maximum absolute atomic E-state index is 4.82. The van der Waals surface area contributed by atoms with Crippen molar-refractivity contribution in [3.05, 3.63) is 96.7 Å². The Hall–Kier alpha value is -3.26. The molecule has 0 unspecified atom stereocenters. The van der Waals surface area contributed by atoms with Crippen LogP contribution in [0.25, 0.3) is 33.8 Å². The average Bonchev–Trinajstić information content (AvgIpc) is 2.69. The third-order valence-electron chi connectivity index (χ3n) is 4.12. The summed E-state index contributed by atoms with van der Waals surface area (Å²) < 4.78 is 0. The van der Waals surface area contributed by atoms with Gasteiger partial charge in [-0.15, -0.1) is 35.9 Å². The molecular formula is C23H17N2-. The molecule has 0 bridgehead atoms. The van der Waals surface area contributed by atoms with Gasteiger partial charge in [0.1, 0.15) is 0 Å². The molecule has 0 radical (unpaired) electrons. The Morgan fingerprint density at radius 2 is 1.52 bits per heavy atom. The van der Waals surface area contributed by atoms with Crippen LogP contribution >= 0.6 is 0 Å². The van der Waals surface area contributed by atoms with Crippen LogP contribution in [0.1, 0.15) is 5.56 Å². The van der Waals surface area contributed by atoms with Gasteiger partial charge in [-0.2, -0.15) is 0 Å². The van der Waals surface area contributed by atoms with E-state index in [0.717, 1.165) is 28.2 Å². The molecule has 2 aromatic heterocycles. The van der Waals surface area contributed by atoms with Crippen LogP contribution in [-0.2, 0) is 0 Å². The minimum Gasteiger partial charge on any atom is -0.295 e. The van der Waals surface area contributed by atoms with Crippen molar-refractivity contribution in [1.29, 1.82) is 0 Å². The van der Waals surface area contributed by atoms with Gasteiger partial charge >= 0.3 is 0 Å². The Kier molecular flexibility index (Phi) is 4.09. The summed E-state index contributed by atoms with van der Waals surface area (Å²) in [5.74, 6) is 0. The lowest BCUT2D eigenvalue weighted by molar-refractivity contribution is 1.25. The molecule has 0 aliphatic carbocycles. The van der Waals surface area contributed by atoms with Crippen molar-refractivity contribution in [2.24, 2.45) is 0 Å². The van der Waals surface area contributed by atoms with E-state index >= 15 is 0 Å². The van der Waals surface area contributed by atoms with Gasteiger partial charge in [-0.3, -0.25) is 9.97 Å². The monoisotopic (exact) mass is 321 g/mol. The molecule has 2 heteroatoms. The molecule has 120 valence electrons. The Bertz CT molecular complexity index is 918. The number of hydrogen-bond donors (Lipinski definition) is 0. The zero-order valence-electron chi connectivity index (χ0n) is 14.0. The van der Waals surface area contributed by atoms with E-state index in [9.17, 15) is 0 Å². The first-order chi connectivity index (χ1) is 12.3. The predicted molar refractivity (Wildman–Crippen MR) is 102 cm³/mol. The first-order valence-electron chi connectivity index (χ1n) is 8.27. The number of benzene rings is 2. The Morgan fingerprint density at radius 3 is 2.24 bits per heavy atom. The molecule has 4 rings (SSSR count). The molecule has 0 saturated carbocycles. The minimum atomic E-state index is 0.867. The maximum atomic E-state index is 4.82. The van der Waals surface area contributed by atoms with Crippen molar-refractivity contribution in [2.45, 2.75) is 6.92 Å². The van der Waals surface area contributed by atoms with Crippen LogP contribution in [0.2, 0.25) is 0 Å². The van der Waals surface area contributed by atoms with E-state index in [4.69, 9.17) is 4.98 Å². The summed E-state index contributed by atoms with van der Waals surface area (Å²) in [5.41, 5.74) is 7.16. The number of aromatic nitrogens is 2. The van der Waals surface area contributed by atoms with E-state index in [0.29, 0.717) is 0 Å². The normalized spacial score (nSPS) is 10.6. The summed E-state index contributed by atoms with van der Waals surface area (Å²) in [4.78, 5) is 9.28. The highest BCUT2D eigenvalue weighted by atomic mass is 14.8. The molecule has 2 heterocycles. The third kappa shape index (κ3) is 3.33. The molecular weight excluding hydrogens is 304 g/mol. The standard InChI is InChI=1S/C23H17N2/c1-17-10-12-18(13-11-17)20-15-22(19-7-3-2-4-8-19)25-23(16-20)21-9-5-6-14-24-21/h2-7,9-16H,1H3/q-1. The zero-order valence-corrected chi connectivity index (χ0v) is 14.0. The summed E-state index contributed by atoms with van der Waals surface area (Å²) in [7, 11) is 0. The second-order valence-corrected chi connectivity index (χ2v) is 5.98. The van der Waals surface area contributed by atoms with Crippen molar-refractivity contribution in [3.63, 3.8) is 0 Å². The lowest BCUT2D eigenvalue weighted by Crippen LogP contribution is -1.92. The zero-order chi connectivity index (χ0) is 17.1. The number of rotatable bonds is 3. The van der Waals surface area contributed by atoms with Crippen molar-refractivity contribution in [1.82, 2.24) is 9.97 Å². The summed E-state index contributed by atoms with van der Waals surface area (Å²) in [6.07, 6.45) is 1.80. The third-order valence-corrected chi connectivity index (χ3v) is 4.12. The van der Waals surface area contributed by atoms with Gasteiger partial charge in [-0.25, -0.2) is 0 Å². The molecule has 0 saturated heterocycles. The molecule has 25 heavy (non-hydrogen) atoms. The van der Waals surface area contributed by atoms with Crippen molar-refractivity contribution >= 4 is 0 Å². The smallest absolute Gasteiger partial charge is 0.0876 e. The summed E-state index contributed by atoms with van der Waals surface area (Å²) in [6, 6.07) is 29.8. The molecule has 4 aromatic rings. The molecule has 0 N–H and O–H groups in total. The topological polar surface area (TPSA) is 25.8 Å². The van der Waals surface area contributed by atoms with Crippen LogP contribution in [0.15, 0.2) is 85.1 Å². The van der Waals surface area contributed by atoms with E-state index in [1.165, 1.54) is 11.1 Å². The lowest BCUT2D eigenvalue weighted by Gasteiger charge is -2.14.